The summed E-state index contributed by atoms with van der Waals surface area (Å²) >= 11 is 0. The van der Waals surface area contributed by atoms with Crippen LogP contribution < -0.4 is 4.74 Å². The van der Waals surface area contributed by atoms with Crippen LogP contribution in [0.4, 0.5) is 4.39 Å². The predicted molar refractivity (Wildman–Crippen MR) is 135 cm³/mol. The number of piperidine rings is 1. The van der Waals surface area contributed by atoms with Gasteiger partial charge in [-0.2, -0.15) is 0 Å². The third-order valence-corrected chi connectivity index (χ3v) is 6.87. The van der Waals surface area contributed by atoms with Crippen molar-refractivity contribution in [1.29, 1.82) is 0 Å². The van der Waals surface area contributed by atoms with Crippen LogP contribution in [0.3, 0.4) is 0 Å². The lowest BCUT2D eigenvalue weighted by molar-refractivity contribution is -0.139. The van der Waals surface area contributed by atoms with Crippen molar-refractivity contribution in [2.24, 2.45) is 11.8 Å². The third kappa shape index (κ3) is 6.58. The average molecular weight is 475 g/mol. The number of fused-ring (bicyclic) bond motifs is 1. The zero-order chi connectivity index (χ0) is 24.6. The monoisotopic (exact) mass is 474 g/mol. The summed E-state index contributed by atoms with van der Waals surface area (Å²) in [6.45, 7) is 2.10. The Morgan fingerprint density at radius 1 is 1.23 bits per heavy atom. The molecule has 0 amide bonds. The lowest BCUT2D eigenvalue weighted by atomic mass is 9.80. The highest BCUT2D eigenvalue weighted by Gasteiger charge is 2.30. The van der Waals surface area contributed by atoms with Gasteiger partial charge in [0, 0.05) is 24.5 Å². The van der Waals surface area contributed by atoms with Crippen molar-refractivity contribution in [2.45, 2.75) is 32.1 Å². The summed E-state index contributed by atoms with van der Waals surface area (Å²) < 4.78 is 19.2. The van der Waals surface area contributed by atoms with Gasteiger partial charge in [-0.25, -0.2) is 4.39 Å². The van der Waals surface area contributed by atoms with Gasteiger partial charge in [-0.1, -0.05) is 24.0 Å². The number of rotatable bonds is 8. The number of carboxylic acid groups (broad SMARTS) is 1. The molecule has 1 fully saturated rings. The first-order valence-electron chi connectivity index (χ1n) is 12.1. The molecule has 2 atom stereocenters. The van der Waals surface area contributed by atoms with E-state index in [1.54, 1.807) is 25.3 Å². The van der Waals surface area contributed by atoms with Crippen LogP contribution in [-0.2, 0) is 11.2 Å². The van der Waals surface area contributed by atoms with Crippen LogP contribution in [0.25, 0.3) is 10.9 Å². The molecule has 1 aliphatic rings. The zero-order valence-electron chi connectivity index (χ0n) is 20.0. The summed E-state index contributed by atoms with van der Waals surface area (Å²) in [5.41, 5.74) is 2.59. The van der Waals surface area contributed by atoms with E-state index in [2.05, 4.69) is 27.8 Å². The number of aromatic nitrogens is 1. The summed E-state index contributed by atoms with van der Waals surface area (Å²) in [5, 5.41) is 10.6. The van der Waals surface area contributed by atoms with Crippen molar-refractivity contribution < 1.29 is 19.0 Å². The number of hydrogen-bond acceptors (Lipinski definition) is 4. The first-order valence-corrected chi connectivity index (χ1v) is 12.1. The van der Waals surface area contributed by atoms with Crippen molar-refractivity contribution in [3.63, 3.8) is 0 Å². The van der Waals surface area contributed by atoms with Gasteiger partial charge in [0.2, 0.25) is 0 Å². The van der Waals surface area contributed by atoms with E-state index in [1.165, 1.54) is 11.6 Å². The van der Waals surface area contributed by atoms with Gasteiger partial charge < -0.3 is 9.84 Å². The number of halogens is 1. The Kier molecular flexibility index (Phi) is 8.33. The molecule has 2 aromatic carbocycles. The van der Waals surface area contributed by atoms with Gasteiger partial charge in [-0.05, 0) is 86.0 Å². The summed E-state index contributed by atoms with van der Waals surface area (Å²) in [6.07, 6.45) is 5.85. The molecule has 2 heterocycles. The minimum absolute atomic E-state index is 0.0887. The second kappa shape index (κ2) is 11.8. The number of carboxylic acids is 1. The first kappa shape index (κ1) is 24.7. The van der Waals surface area contributed by atoms with E-state index in [-0.39, 0.29) is 18.2 Å². The van der Waals surface area contributed by atoms with Crippen LogP contribution in [0, 0.1) is 29.5 Å². The van der Waals surface area contributed by atoms with E-state index < -0.39 is 5.97 Å². The van der Waals surface area contributed by atoms with Gasteiger partial charge in [0.15, 0.2) is 0 Å². The Bertz CT molecular complexity index is 1230. The average Bonchev–Trinajstić information content (AvgIpc) is 2.86. The molecule has 35 heavy (non-hydrogen) atoms. The molecular weight excluding hydrogens is 443 g/mol. The van der Waals surface area contributed by atoms with Crippen molar-refractivity contribution in [3.05, 3.63) is 71.7 Å². The molecule has 0 bridgehead atoms. The zero-order valence-corrected chi connectivity index (χ0v) is 20.0. The largest absolute Gasteiger partial charge is 0.497 e. The van der Waals surface area contributed by atoms with Gasteiger partial charge in [0.05, 0.1) is 24.7 Å². The predicted octanol–water partition coefficient (Wildman–Crippen LogP) is 5.17. The molecular formula is C29H31FN2O3. The second-order valence-electron chi connectivity index (χ2n) is 9.17. The third-order valence-electron chi connectivity index (χ3n) is 6.87. The molecule has 1 aromatic heterocycles. The molecule has 6 heteroatoms. The number of carbonyl (C=O) groups is 1. The first-order chi connectivity index (χ1) is 17.0. The quantitative estimate of drug-likeness (QED) is 0.457. The Hall–Kier alpha value is -3.43. The van der Waals surface area contributed by atoms with Gasteiger partial charge in [-0.3, -0.25) is 14.7 Å². The maximum Gasteiger partial charge on any atom is 0.303 e. The molecule has 0 radical (unpaired) electrons. The van der Waals surface area contributed by atoms with E-state index in [9.17, 15) is 14.3 Å². The fraction of sp³-hybridized carbons (Fsp3) is 0.379. The molecule has 4 rings (SSSR count). The molecule has 0 aliphatic carbocycles. The van der Waals surface area contributed by atoms with Gasteiger partial charge >= 0.3 is 5.97 Å². The minimum Gasteiger partial charge on any atom is -0.497 e. The minimum atomic E-state index is -0.758. The van der Waals surface area contributed by atoms with Gasteiger partial charge in [0.1, 0.15) is 11.6 Å². The lowest BCUT2D eigenvalue weighted by Gasteiger charge is -2.37. The molecule has 5 nitrogen and oxygen atoms in total. The molecule has 0 unspecified atom stereocenters. The van der Waals surface area contributed by atoms with Crippen molar-refractivity contribution in [3.8, 4) is 17.6 Å². The van der Waals surface area contributed by atoms with Gasteiger partial charge in [-0.15, -0.1) is 0 Å². The fourth-order valence-electron chi connectivity index (χ4n) is 5.03. The molecule has 182 valence electrons. The lowest BCUT2D eigenvalue weighted by Crippen LogP contribution is -2.41. The van der Waals surface area contributed by atoms with E-state index in [4.69, 9.17) is 4.74 Å². The van der Waals surface area contributed by atoms with Crippen LogP contribution in [0.1, 0.15) is 36.8 Å². The fourth-order valence-corrected chi connectivity index (χ4v) is 5.03. The molecule has 0 spiro atoms. The SMILES string of the molecule is COc1ccc2nccc(CCC[C@@H]3CCN(CC#Cc4ccccc4F)C[C@@H]3CC(=O)O)c2c1. The number of likely N-dealkylation sites (tertiary alicyclic amines) is 1. The maximum absolute atomic E-state index is 13.8. The Labute approximate surface area is 205 Å². The number of pyridine rings is 1. The smallest absolute Gasteiger partial charge is 0.303 e. The number of aliphatic carboxylic acids is 1. The van der Waals surface area contributed by atoms with Crippen molar-refractivity contribution in [1.82, 2.24) is 9.88 Å². The van der Waals surface area contributed by atoms with E-state index in [1.807, 2.05) is 24.4 Å². The van der Waals surface area contributed by atoms with E-state index >= 15 is 0 Å². The van der Waals surface area contributed by atoms with E-state index in [0.29, 0.717) is 24.6 Å². The van der Waals surface area contributed by atoms with Crippen LogP contribution in [0.15, 0.2) is 54.7 Å². The molecule has 1 saturated heterocycles. The van der Waals surface area contributed by atoms with Crippen LogP contribution >= 0.6 is 0 Å². The number of hydrogen-bond donors (Lipinski definition) is 1. The second-order valence-corrected chi connectivity index (χ2v) is 9.17. The highest BCUT2D eigenvalue weighted by Crippen LogP contribution is 2.31. The number of aryl methyl sites for hydroxylation is 1. The van der Waals surface area contributed by atoms with Crippen LogP contribution in [-0.4, -0.2) is 47.7 Å². The summed E-state index contributed by atoms with van der Waals surface area (Å²) in [7, 11) is 1.66. The Morgan fingerprint density at radius 2 is 2.09 bits per heavy atom. The molecule has 1 aliphatic heterocycles. The van der Waals surface area contributed by atoms with Crippen molar-refractivity contribution in [2.75, 3.05) is 26.7 Å². The number of ether oxygens (including phenoxy) is 1. The van der Waals surface area contributed by atoms with Crippen molar-refractivity contribution >= 4 is 16.9 Å². The summed E-state index contributed by atoms with van der Waals surface area (Å²) in [4.78, 5) is 18.2. The number of nitrogens with zero attached hydrogens (tertiary/aromatic N) is 2. The molecule has 0 saturated carbocycles. The topological polar surface area (TPSA) is 62.7 Å². The van der Waals surface area contributed by atoms with Crippen LogP contribution in [0.2, 0.25) is 0 Å². The van der Waals surface area contributed by atoms with Gasteiger partial charge in [0.25, 0.3) is 0 Å². The number of benzene rings is 2. The van der Waals surface area contributed by atoms with E-state index in [0.717, 1.165) is 48.9 Å². The number of methoxy groups -OCH3 is 1. The summed E-state index contributed by atoms with van der Waals surface area (Å²) in [6, 6.07) is 14.5. The normalized spacial score (nSPS) is 18.1. The molecule has 1 N–H and O–H groups in total. The highest BCUT2D eigenvalue weighted by atomic mass is 19.1. The van der Waals surface area contributed by atoms with Crippen LogP contribution in [0.5, 0.6) is 5.75 Å². The summed E-state index contributed by atoms with van der Waals surface area (Å²) in [5.74, 6) is 6.17. The Balaban J connectivity index is 1.35. The standard InChI is InChI=1S/C29H31FN2O3/c1-35-25-11-12-28-26(19-25)22(13-15-31-28)8-4-7-21-14-17-32(20-24(21)18-29(33)34)16-5-9-23-6-2-3-10-27(23)30/h2-3,6,10-13,15,19,21,24H,4,7-8,14,16-18,20H2,1H3,(H,33,34)/t21-,24+/m1/s1. The highest BCUT2D eigenvalue weighted by molar-refractivity contribution is 5.83. The Morgan fingerprint density at radius 3 is 2.89 bits per heavy atom. The molecule has 3 aromatic rings. The maximum atomic E-state index is 13.8.